The SMILES string of the molecule is OC(C(=NCCCCN=C(c1ccccc1)C(O)c1ccccc1)c1ccccc1)c1ccccc1. The van der Waals surface area contributed by atoms with Crippen molar-refractivity contribution in [3.8, 4) is 0 Å². The summed E-state index contributed by atoms with van der Waals surface area (Å²) in [6.07, 6.45) is 0.0880. The Hall–Kier alpha value is -3.86. The molecule has 0 aliphatic heterocycles. The summed E-state index contributed by atoms with van der Waals surface area (Å²) in [5.74, 6) is 0. The van der Waals surface area contributed by atoms with Gasteiger partial charge in [-0.1, -0.05) is 121 Å². The van der Waals surface area contributed by atoms with Crippen LogP contribution in [0.1, 0.15) is 47.3 Å². The van der Waals surface area contributed by atoms with E-state index >= 15 is 0 Å². The maximum Gasteiger partial charge on any atom is 0.121 e. The predicted octanol–water partition coefficient (Wildman–Crippen LogP) is 6.21. The molecule has 4 heteroatoms. The molecule has 2 unspecified atom stereocenters. The van der Waals surface area contributed by atoms with E-state index in [1.807, 2.05) is 121 Å². The lowest BCUT2D eigenvalue weighted by molar-refractivity contribution is 0.247. The van der Waals surface area contributed by atoms with Crippen LogP contribution in [-0.2, 0) is 0 Å². The van der Waals surface area contributed by atoms with Crippen molar-refractivity contribution in [2.24, 2.45) is 9.98 Å². The molecule has 4 rings (SSSR count). The van der Waals surface area contributed by atoms with E-state index in [-0.39, 0.29) is 0 Å². The van der Waals surface area contributed by atoms with E-state index in [1.54, 1.807) is 0 Å². The van der Waals surface area contributed by atoms with Gasteiger partial charge in [-0.15, -0.1) is 0 Å². The minimum atomic E-state index is -0.780. The molecular formula is C32H32N2O2. The lowest BCUT2D eigenvalue weighted by Gasteiger charge is -2.16. The summed E-state index contributed by atoms with van der Waals surface area (Å²) in [6.45, 7) is 1.18. The summed E-state index contributed by atoms with van der Waals surface area (Å²) in [7, 11) is 0. The Morgan fingerprint density at radius 2 is 0.778 bits per heavy atom. The highest BCUT2D eigenvalue weighted by atomic mass is 16.3. The van der Waals surface area contributed by atoms with Crippen molar-refractivity contribution in [3.63, 3.8) is 0 Å². The molecule has 0 fully saturated rings. The van der Waals surface area contributed by atoms with Crippen LogP contribution in [0.15, 0.2) is 131 Å². The summed E-state index contributed by atoms with van der Waals surface area (Å²) in [5.41, 5.74) is 4.84. The molecule has 36 heavy (non-hydrogen) atoms. The summed E-state index contributed by atoms with van der Waals surface area (Å²) < 4.78 is 0. The van der Waals surface area contributed by atoms with Gasteiger partial charge in [0.05, 0.1) is 11.4 Å². The third kappa shape index (κ3) is 6.85. The van der Waals surface area contributed by atoms with Crippen LogP contribution >= 0.6 is 0 Å². The summed E-state index contributed by atoms with van der Waals surface area (Å²) in [5, 5.41) is 22.0. The highest BCUT2D eigenvalue weighted by Gasteiger charge is 2.17. The Balaban J connectivity index is 1.44. The number of aliphatic hydroxyl groups is 2. The standard InChI is InChI=1S/C32H32N2O2/c35-31(27-19-9-3-10-20-27)29(25-15-5-1-6-16-25)33-23-13-14-24-34-30(26-17-7-2-8-18-26)32(36)28-21-11-4-12-22-28/h1-12,15-22,31-32,35-36H,13-14,23-24H2. The van der Waals surface area contributed by atoms with Gasteiger partial charge in [-0.05, 0) is 35.1 Å². The molecule has 0 radical (unpaired) electrons. The zero-order chi connectivity index (χ0) is 25.0. The van der Waals surface area contributed by atoms with Crippen LogP contribution in [0.2, 0.25) is 0 Å². The van der Waals surface area contributed by atoms with Crippen LogP contribution in [-0.4, -0.2) is 34.7 Å². The van der Waals surface area contributed by atoms with Gasteiger partial charge >= 0.3 is 0 Å². The second-order valence-electron chi connectivity index (χ2n) is 8.60. The van der Waals surface area contributed by atoms with E-state index in [1.165, 1.54) is 0 Å². The van der Waals surface area contributed by atoms with Crippen molar-refractivity contribution >= 4 is 11.4 Å². The minimum absolute atomic E-state index is 0.589. The predicted molar refractivity (Wildman–Crippen MR) is 148 cm³/mol. The van der Waals surface area contributed by atoms with E-state index in [0.717, 1.165) is 35.1 Å². The number of aliphatic hydroxyl groups excluding tert-OH is 2. The van der Waals surface area contributed by atoms with E-state index in [2.05, 4.69) is 0 Å². The van der Waals surface area contributed by atoms with Crippen molar-refractivity contribution < 1.29 is 10.2 Å². The van der Waals surface area contributed by atoms with Gasteiger partial charge in [-0.3, -0.25) is 9.98 Å². The van der Waals surface area contributed by atoms with E-state index in [9.17, 15) is 10.2 Å². The van der Waals surface area contributed by atoms with Crippen LogP contribution < -0.4 is 0 Å². The van der Waals surface area contributed by atoms with Gasteiger partial charge in [0.1, 0.15) is 12.2 Å². The second kappa shape index (κ2) is 13.3. The first-order valence-corrected chi connectivity index (χ1v) is 12.4. The first kappa shape index (κ1) is 25.2. The molecule has 4 nitrogen and oxygen atoms in total. The molecular weight excluding hydrogens is 444 g/mol. The molecule has 4 aromatic rings. The summed E-state index contributed by atoms with van der Waals surface area (Å²) in [4.78, 5) is 9.59. The number of rotatable bonds is 11. The largest absolute Gasteiger partial charge is 0.382 e. The average molecular weight is 477 g/mol. The van der Waals surface area contributed by atoms with Crippen LogP contribution in [0.3, 0.4) is 0 Å². The van der Waals surface area contributed by atoms with Gasteiger partial charge in [-0.25, -0.2) is 0 Å². The smallest absolute Gasteiger partial charge is 0.121 e. The van der Waals surface area contributed by atoms with E-state index in [4.69, 9.17) is 9.98 Å². The molecule has 182 valence electrons. The molecule has 4 aromatic carbocycles. The maximum atomic E-state index is 11.0. The topological polar surface area (TPSA) is 65.2 Å². The molecule has 0 aromatic heterocycles. The minimum Gasteiger partial charge on any atom is -0.382 e. The Kier molecular flexibility index (Phi) is 9.32. The van der Waals surface area contributed by atoms with Crippen molar-refractivity contribution in [2.45, 2.75) is 25.0 Å². The van der Waals surface area contributed by atoms with Crippen molar-refractivity contribution in [2.75, 3.05) is 13.1 Å². The molecule has 0 bridgehead atoms. The summed E-state index contributed by atoms with van der Waals surface area (Å²) in [6, 6.07) is 38.9. The number of hydrogen-bond acceptors (Lipinski definition) is 4. The first-order chi connectivity index (χ1) is 17.7. The Bertz CT molecular complexity index is 1140. The Morgan fingerprint density at radius 3 is 1.11 bits per heavy atom. The second-order valence-corrected chi connectivity index (χ2v) is 8.60. The zero-order valence-corrected chi connectivity index (χ0v) is 20.3. The number of hydrogen-bond donors (Lipinski definition) is 2. The van der Waals surface area contributed by atoms with Gasteiger partial charge in [0, 0.05) is 13.1 Å². The van der Waals surface area contributed by atoms with Gasteiger partial charge in [0.15, 0.2) is 0 Å². The molecule has 0 aliphatic rings. The van der Waals surface area contributed by atoms with Crippen molar-refractivity contribution in [1.82, 2.24) is 0 Å². The Labute approximate surface area is 213 Å². The fourth-order valence-corrected chi connectivity index (χ4v) is 4.10. The number of unbranched alkanes of at least 4 members (excludes halogenated alkanes) is 1. The normalized spacial score (nSPS) is 13.8. The molecule has 0 aliphatic carbocycles. The third-order valence-electron chi connectivity index (χ3n) is 6.02. The highest BCUT2D eigenvalue weighted by molar-refractivity contribution is 6.04. The van der Waals surface area contributed by atoms with E-state index in [0.29, 0.717) is 24.5 Å². The van der Waals surface area contributed by atoms with Crippen molar-refractivity contribution in [3.05, 3.63) is 144 Å². The number of aliphatic imine (C=N–C) groups is 2. The van der Waals surface area contributed by atoms with Crippen molar-refractivity contribution in [1.29, 1.82) is 0 Å². The molecule has 0 saturated carbocycles. The van der Waals surface area contributed by atoms with Crippen LogP contribution in [0.25, 0.3) is 0 Å². The fourth-order valence-electron chi connectivity index (χ4n) is 4.10. The maximum absolute atomic E-state index is 11.0. The lowest BCUT2D eigenvalue weighted by Crippen LogP contribution is -2.15. The number of nitrogens with zero attached hydrogens (tertiary/aromatic N) is 2. The van der Waals surface area contributed by atoms with Gasteiger partial charge in [-0.2, -0.15) is 0 Å². The molecule has 0 amide bonds. The third-order valence-corrected chi connectivity index (χ3v) is 6.02. The first-order valence-electron chi connectivity index (χ1n) is 12.4. The Morgan fingerprint density at radius 1 is 0.472 bits per heavy atom. The fraction of sp³-hybridized carbons (Fsp3) is 0.188. The van der Waals surface area contributed by atoms with Gasteiger partial charge < -0.3 is 10.2 Å². The molecule has 0 spiro atoms. The average Bonchev–Trinajstić information content (AvgIpc) is 2.96. The van der Waals surface area contributed by atoms with Crippen LogP contribution in [0, 0.1) is 0 Å². The molecule has 2 atom stereocenters. The van der Waals surface area contributed by atoms with E-state index < -0.39 is 12.2 Å². The monoisotopic (exact) mass is 476 g/mol. The lowest BCUT2D eigenvalue weighted by atomic mass is 9.99. The summed E-state index contributed by atoms with van der Waals surface area (Å²) >= 11 is 0. The molecule has 0 saturated heterocycles. The van der Waals surface area contributed by atoms with Crippen LogP contribution in [0.4, 0.5) is 0 Å². The van der Waals surface area contributed by atoms with Gasteiger partial charge in [0.2, 0.25) is 0 Å². The quantitative estimate of drug-likeness (QED) is 0.200. The number of benzene rings is 4. The molecule has 2 N–H and O–H groups in total. The van der Waals surface area contributed by atoms with Gasteiger partial charge in [0.25, 0.3) is 0 Å². The highest BCUT2D eigenvalue weighted by Crippen LogP contribution is 2.21. The molecule has 0 heterocycles. The van der Waals surface area contributed by atoms with Crippen LogP contribution in [0.5, 0.6) is 0 Å². The zero-order valence-electron chi connectivity index (χ0n) is 20.3.